The van der Waals surface area contributed by atoms with Gasteiger partial charge in [-0.15, -0.1) is 11.3 Å². The second-order valence-corrected chi connectivity index (χ2v) is 6.26. The average molecular weight is 357 g/mol. The quantitative estimate of drug-likeness (QED) is 0.679. The van der Waals surface area contributed by atoms with Crippen LogP contribution in [0.4, 0.5) is 5.82 Å². The molecule has 0 atom stereocenters. The number of fused-ring (bicyclic) bond motifs is 1. The van der Waals surface area contributed by atoms with Crippen molar-refractivity contribution in [2.24, 2.45) is 0 Å². The van der Waals surface area contributed by atoms with Crippen LogP contribution in [-0.4, -0.2) is 30.2 Å². The Morgan fingerprint density at radius 2 is 2.08 bits per heavy atom. The van der Waals surface area contributed by atoms with Gasteiger partial charge in [0.15, 0.2) is 0 Å². The molecule has 7 heteroatoms. The van der Waals surface area contributed by atoms with Gasteiger partial charge in [-0.25, -0.2) is 14.8 Å². The molecule has 2 aromatic heterocycles. The first-order valence-electron chi connectivity index (χ1n) is 7.89. The summed E-state index contributed by atoms with van der Waals surface area (Å²) in [6.07, 6.45) is 0.782. The van der Waals surface area contributed by atoms with Gasteiger partial charge in [0.05, 0.1) is 19.6 Å². The minimum absolute atomic E-state index is 0.407. The molecule has 0 saturated heterocycles. The van der Waals surface area contributed by atoms with E-state index in [2.05, 4.69) is 15.3 Å². The maximum absolute atomic E-state index is 11.7. The summed E-state index contributed by atoms with van der Waals surface area (Å²) in [4.78, 5) is 21.8. The van der Waals surface area contributed by atoms with Crippen LogP contribution in [-0.2, 0) is 17.7 Å². The van der Waals surface area contributed by atoms with Crippen LogP contribution in [0, 0.1) is 0 Å². The molecule has 0 fully saturated rings. The Bertz CT molecular complexity index is 908. The molecule has 1 aromatic carbocycles. The highest BCUT2D eigenvalue weighted by Crippen LogP contribution is 2.26. The molecule has 25 heavy (non-hydrogen) atoms. The fraction of sp³-hybridized carbons (Fsp3) is 0.278. The third-order valence-electron chi connectivity index (χ3n) is 3.82. The molecule has 0 aliphatic carbocycles. The molecule has 130 valence electrons. The highest BCUT2D eigenvalue weighted by Gasteiger charge is 2.13. The molecule has 0 aliphatic rings. The lowest BCUT2D eigenvalue weighted by Gasteiger charge is -2.11. The van der Waals surface area contributed by atoms with Crippen molar-refractivity contribution in [2.45, 2.75) is 19.9 Å². The van der Waals surface area contributed by atoms with E-state index in [9.17, 15) is 4.79 Å². The molecule has 3 rings (SSSR count). The number of hydrogen-bond donors (Lipinski definition) is 1. The van der Waals surface area contributed by atoms with Crippen molar-refractivity contribution in [1.82, 2.24) is 9.97 Å². The number of aromatic nitrogens is 2. The summed E-state index contributed by atoms with van der Waals surface area (Å²) in [5, 5.41) is 6.39. The Balaban J connectivity index is 1.84. The number of ether oxygens (including phenoxy) is 2. The van der Waals surface area contributed by atoms with Gasteiger partial charge in [0.2, 0.25) is 0 Å². The molecule has 0 saturated carbocycles. The second-order valence-electron chi connectivity index (χ2n) is 5.36. The van der Waals surface area contributed by atoms with Crippen LogP contribution >= 0.6 is 11.3 Å². The van der Waals surface area contributed by atoms with Crippen LogP contribution in [0.3, 0.4) is 0 Å². The first-order valence-corrected chi connectivity index (χ1v) is 8.77. The van der Waals surface area contributed by atoms with Crippen molar-refractivity contribution in [3.8, 4) is 5.75 Å². The SMILES string of the molecule is CCc1nc(NCc2ccc(C(=O)OC)c(OC)c2)c2ccsc2n1. The van der Waals surface area contributed by atoms with Crippen molar-refractivity contribution in [2.75, 3.05) is 19.5 Å². The molecule has 0 radical (unpaired) electrons. The topological polar surface area (TPSA) is 73.3 Å². The number of methoxy groups -OCH3 is 2. The number of thiophene rings is 1. The van der Waals surface area contributed by atoms with Crippen molar-refractivity contribution < 1.29 is 14.3 Å². The standard InChI is InChI=1S/C18H19N3O3S/c1-4-15-20-16(13-7-8-25-17(13)21-15)19-10-11-5-6-12(18(22)24-3)14(9-11)23-2/h5-9H,4,10H2,1-3H3,(H,19,20,21). The molecule has 0 bridgehead atoms. The van der Waals surface area contributed by atoms with Gasteiger partial charge >= 0.3 is 5.97 Å². The number of esters is 1. The zero-order chi connectivity index (χ0) is 17.8. The summed E-state index contributed by atoms with van der Waals surface area (Å²) in [5.74, 6) is 1.71. The molecule has 0 unspecified atom stereocenters. The van der Waals surface area contributed by atoms with E-state index in [1.807, 2.05) is 30.5 Å². The zero-order valence-electron chi connectivity index (χ0n) is 14.3. The lowest BCUT2D eigenvalue weighted by molar-refractivity contribution is 0.0597. The maximum atomic E-state index is 11.7. The number of carbonyl (C=O) groups excluding carboxylic acids is 1. The maximum Gasteiger partial charge on any atom is 0.341 e. The number of anilines is 1. The second kappa shape index (κ2) is 7.48. The molecule has 6 nitrogen and oxygen atoms in total. The monoisotopic (exact) mass is 357 g/mol. The average Bonchev–Trinajstić information content (AvgIpc) is 3.13. The molecule has 3 aromatic rings. The number of aryl methyl sites for hydroxylation is 1. The van der Waals surface area contributed by atoms with E-state index in [1.165, 1.54) is 14.2 Å². The first kappa shape index (κ1) is 17.2. The van der Waals surface area contributed by atoms with Crippen LogP contribution in [0.25, 0.3) is 10.2 Å². The number of nitrogens with zero attached hydrogens (tertiary/aromatic N) is 2. The Labute approximate surface area is 149 Å². The highest BCUT2D eigenvalue weighted by molar-refractivity contribution is 7.16. The van der Waals surface area contributed by atoms with Gasteiger partial charge in [-0.3, -0.25) is 0 Å². The van der Waals surface area contributed by atoms with E-state index in [-0.39, 0.29) is 0 Å². The minimum Gasteiger partial charge on any atom is -0.496 e. The molecule has 1 N–H and O–H groups in total. The largest absolute Gasteiger partial charge is 0.496 e. The van der Waals surface area contributed by atoms with E-state index in [0.717, 1.165) is 33.8 Å². The number of benzene rings is 1. The normalized spacial score (nSPS) is 10.7. The van der Waals surface area contributed by atoms with E-state index < -0.39 is 5.97 Å². The molecule has 0 aliphatic heterocycles. The van der Waals surface area contributed by atoms with Gasteiger partial charge in [0, 0.05) is 13.0 Å². The van der Waals surface area contributed by atoms with Gasteiger partial charge in [0.1, 0.15) is 27.8 Å². The van der Waals surface area contributed by atoms with Crippen LogP contribution in [0.1, 0.15) is 28.7 Å². The van der Waals surface area contributed by atoms with Gasteiger partial charge in [0.25, 0.3) is 0 Å². The Morgan fingerprint density at radius 3 is 2.80 bits per heavy atom. The van der Waals surface area contributed by atoms with Crippen LogP contribution in [0.5, 0.6) is 5.75 Å². The minimum atomic E-state index is -0.417. The van der Waals surface area contributed by atoms with E-state index in [0.29, 0.717) is 17.9 Å². The summed E-state index contributed by atoms with van der Waals surface area (Å²) < 4.78 is 10.1. The number of carbonyl (C=O) groups is 1. The smallest absolute Gasteiger partial charge is 0.341 e. The predicted octanol–water partition coefficient (Wildman–Crippen LogP) is 3.66. The van der Waals surface area contributed by atoms with Crippen LogP contribution < -0.4 is 10.1 Å². The number of nitrogens with one attached hydrogen (secondary N) is 1. The van der Waals surface area contributed by atoms with Crippen LogP contribution in [0.2, 0.25) is 0 Å². The van der Waals surface area contributed by atoms with E-state index in [1.54, 1.807) is 17.4 Å². The molecule has 2 heterocycles. The summed E-state index contributed by atoms with van der Waals surface area (Å²) in [5.41, 5.74) is 1.38. The van der Waals surface area contributed by atoms with Gasteiger partial charge < -0.3 is 14.8 Å². The van der Waals surface area contributed by atoms with E-state index in [4.69, 9.17) is 9.47 Å². The van der Waals surface area contributed by atoms with Crippen LogP contribution in [0.15, 0.2) is 29.6 Å². The molecular formula is C18H19N3O3S. The predicted molar refractivity (Wildman–Crippen MR) is 98.5 cm³/mol. The number of hydrogen-bond acceptors (Lipinski definition) is 7. The van der Waals surface area contributed by atoms with Crippen molar-refractivity contribution >= 4 is 33.3 Å². The molecule has 0 amide bonds. The Hall–Kier alpha value is -2.67. The van der Waals surface area contributed by atoms with Gasteiger partial charge in [-0.1, -0.05) is 13.0 Å². The summed E-state index contributed by atoms with van der Waals surface area (Å²) in [6, 6.07) is 7.42. The van der Waals surface area contributed by atoms with Gasteiger partial charge in [-0.2, -0.15) is 0 Å². The first-order chi connectivity index (χ1) is 12.2. The van der Waals surface area contributed by atoms with Crippen molar-refractivity contribution in [1.29, 1.82) is 0 Å². The summed E-state index contributed by atoms with van der Waals surface area (Å²) in [6.45, 7) is 2.60. The van der Waals surface area contributed by atoms with E-state index >= 15 is 0 Å². The lowest BCUT2D eigenvalue weighted by Crippen LogP contribution is -2.07. The van der Waals surface area contributed by atoms with Crippen molar-refractivity contribution in [3.05, 3.63) is 46.6 Å². The third-order valence-corrected chi connectivity index (χ3v) is 4.63. The molecular weight excluding hydrogens is 338 g/mol. The zero-order valence-corrected chi connectivity index (χ0v) is 15.1. The molecule has 0 spiro atoms. The highest BCUT2D eigenvalue weighted by atomic mass is 32.1. The summed E-state index contributed by atoms with van der Waals surface area (Å²) in [7, 11) is 2.88. The fourth-order valence-electron chi connectivity index (χ4n) is 2.50. The number of rotatable bonds is 6. The Morgan fingerprint density at radius 1 is 1.24 bits per heavy atom. The fourth-order valence-corrected chi connectivity index (χ4v) is 3.29. The Kier molecular flexibility index (Phi) is 5.14. The van der Waals surface area contributed by atoms with Gasteiger partial charge in [-0.05, 0) is 29.1 Å². The lowest BCUT2D eigenvalue weighted by atomic mass is 10.1. The summed E-state index contributed by atoms with van der Waals surface area (Å²) >= 11 is 1.60. The van der Waals surface area contributed by atoms with Crippen molar-refractivity contribution in [3.63, 3.8) is 0 Å². The third kappa shape index (κ3) is 3.56.